The van der Waals surface area contributed by atoms with Gasteiger partial charge in [0.05, 0.1) is 0 Å². The molecule has 3 N–H and O–H groups in total. The monoisotopic (exact) mass is 529 g/mol. The molecule has 9 heteroatoms. The van der Waals surface area contributed by atoms with Gasteiger partial charge in [0.15, 0.2) is 6.61 Å². The molecule has 1 aliphatic heterocycles. The molecule has 0 saturated carbocycles. The normalized spacial score (nSPS) is 13.4. The molecule has 0 atom stereocenters. The lowest BCUT2D eigenvalue weighted by atomic mass is 9.94. The van der Waals surface area contributed by atoms with Crippen LogP contribution < -0.4 is 10.1 Å². The van der Waals surface area contributed by atoms with E-state index < -0.39 is 12.1 Å². The number of nitrogens with zero attached hydrogens (tertiary/aromatic N) is 1. The fourth-order valence-corrected chi connectivity index (χ4v) is 4.38. The molecule has 0 aliphatic carbocycles. The number of carboxylic acids is 1. The van der Waals surface area contributed by atoms with Gasteiger partial charge in [-0.05, 0) is 47.6 Å². The Kier molecular flexibility index (Phi) is 9.29. The van der Waals surface area contributed by atoms with Gasteiger partial charge in [0.1, 0.15) is 18.2 Å². The van der Waals surface area contributed by atoms with E-state index in [2.05, 4.69) is 5.32 Å². The first-order chi connectivity index (χ1) is 18.9. The van der Waals surface area contributed by atoms with Gasteiger partial charge in [-0.3, -0.25) is 20.3 Å². The van der Waals surface area contributed by atoms with E-state index in [1.807, 2.05) is 54.6 Å². The van der Waals surface area contributed by atoms with Gasteiger partial charge in [-0.15, -0.1) is 0 Å². The van der Waals surface area contributed by atoms with Crippen LogP contribution in [-0.2, 0) is 20.9 Å². The number of nitrogens with one attached hydrogen (secondary N) is 2. The Morgan fingerprint density at radius 3 is 2.13 bits per heavy atom. The Bertz CT molecular complexity index is 1280. The van der Waals surface area contributed by atoms with Gasteiger partial charge in [-0.2, -0.15) is 0 Å². The zero-order valence-corrected chi connectivity index (χ0v) is 21.5. The third-order valence-electron chi connectivity index (χ3n) is 6.59. The molecule has 0 aromatic heterocycles. The zero-order valence-electron chi connectivity index (χ0n) is 21.5. The molecule has 1 heterocycles. The molecular weight excluding hydrogens is 498 g/mol. The second-order valence-corrected chi connectivity index (χ2v) is 9.37. The number of alkyl carbamates (subject to hydrolysis) is 1. The van der Waals surface area contributed by atoms with Crippen molar-refractivity contribution in [2.45, 2.75) is 25.9 Å². The fourth-order valence-electron chi connectivity index (χ4n) is 4.38. The van der Waals surface area contributed by atoms with E-state index >= 15 is 0 Å². The first-order valence-corrected chi connectivity index (χ1v) is 12.8. The molecule has 1 saturated heterocycles. The van der Waals surface area contributed by atoms with Crippen LogP contribution in [0.2, 0.25) is 0 Å². The minimum absolute atomic E-state index is 0.0564. The quantitative estimate of drug-likeness (QED) is 0.272. The predicted molar refractivity (Wildman–Crippen MR) is 146 cm³/mol. The highest BCUT2D eigenvalue weighted by Crippen LogP contribution is 2.24. The number of piperidine rings is 1. The van der Waals surface area contributed by atoms with Crippen LogP contribution in [0.25, 0.3) is 11.1 Å². The summed E-state index contributed by atoms with van der Waals surface area (Å²) in [6.45, 7) is 1.16. The summed E-state index contributed by atoms with van der Waals surface area (Å²) >= 11 is 0. The molecule has 1 fully saturated rings. The fraction of sp³-hybridized carbons (Fsp3) is 0.267. The van der Waals surface area contributed by atoms with E-state index in [4.69, 9.17) is 20.0 Å². The van der Waals surface area contributed by atoms with Crippen LogP contribution in [0.1, 0.15) is 30.4 Å². The number of amides is 2. The van der Waals surface area contributed by atoms with Crippen LogP contribution in [0.3, 0.4) is 0 Å². The second-order valence-electron chi connectivity index (χ2n) is 9.37. The molecule has 2 amide bonds. The van der Waals surface area contributed by atoms with Crippen molar-refractivity contribution in [1.82, 2.24) is 10.2 Å². The van der Waals surface area contributed by atoms with Crippen LogP contribution >= 0.6 is 0 Å². The predicted octanol–water partition coefficient (Wildman–Crippen LogP) is 4.70. The summed E-state index contributed by atoms with van der Waals surface area (Å²) < 4.78 is 10.8. The van der Waals surface area contributed by atoms with Gasteiger partial charge >= 0.3 is 12.1 Å². The van der Waals surface area contributed by atoms with Crippen LogP contribution in [-0.4, -0.2) is 53.5 Å². The number of hydrogen-bond acceptors (Lipinski definition) is 6. The SMILES string of the molecule is N=C(NC(=O)OCc1ccccc1)c1ccc(-c2ccc(OCC(=O)N3CCC(CC(=O)O)CC3)cc2)cc1. The largest absolute Gasteiger partial charge is 0.484 e. The number of likely N-dealkylation sites (tertiary alicyclic amines) is 1. The molecule has 4 rings (SSSR count). The first-order valence-electron chi connectivity index (χ1n) is 12.8. The average molecular weight is 530 g/mol. The Morgan fingerprint density at radius 1 is 0.897 bits per heavy atom. The maximum atomic E-state index is 12.5. The molecule has 0 unspecified atom stereocenters. The van der Waals surface area contributed by atoms with Gasteiger partial charge in [-0.25, -0.2) is 4.79 Å². The van der Waals surface area contributed by atoms with E-state index in [-0.39, 0.29) is 37.3 Å². The van der Waals surface area contributed by atoms with E-state index in [0.717, 1.165) is 16.7 Å². The summed E-state index contributed by atoms with van der Waals surface area (Å²) in [4.78, 5) is 37.1. The first kappa shape index (κ1) is 27.4. The summed E-state index contributed by atoms with van der Waals surface area (Å²) in [5.74, 6) is -0.264. The maximum absolute atomic E-state index is 12.5. The number of amidine groups is 1. The highest BCUT2D eigenvalue weighted by atomic mass is 16.5. The number of ether oxygens (including phenoxy) is 2. The van der Waals surface area contributed by atoms with Gasteiger partial charge in [0.2, 0.25) is 0 Å². The number of carbonyl (C=O) groups is 3. The Labute approximate surface area is 226 Å². The molecule has 3 aromatic rings. The van der Waals surface area contributed by atoms with Crippen molar-refractivity contribution < 1.29 is 29.0 Å². The number of hydrogen-bond donors (Lipinski definition) is 3. The van der Waals surface area contributed by atoms with Crippen LogP contribution in [0.5, 0.6) is 5.75 Å². The van der Waals surface area contributed by atoms with Crippen molar-refractivity contribution in [3.05, 3.63) is 90.0 Å². The number of aliphatic carboxylic acids is 1. The molecule has 0 spiro atoms. The highest BCUT2D eigenvalue weighted by molar-refractivity contribution is 6.04. The van der Waals surface area contributed by atoms with E-state index in [1.54, 1.807) is 29.2 Å². The Balaban J connectivity index is 1.22. The highest BCUT2D eigenvalue weighted by Gasteiger charge is 2.24. The molecule has 39 heavy (non-hydrogen) atoms. The molecule has 1 aliphatic rings. The van der Waals surface area contributed by atoms with Gasteiger partial charge in [-0.1, -0.05) is 66.7 Å². The Hall–Kier alpha value is -4.66. The molecule has 202 valence electrons. The smallest absolute Gasteiger partial charge is 0.413 e. The maximum Gasteiger partial charge on any atom is 0.413 e. The van der Waals surface area contributed by atoms with Crippen LogP contribution in [0.15, 0.2) is 78.9 Å². The third kappa shape index (κ3) is 8.16. The average Bonchev–Trinajstić information content (AvgIpc) is 2.96. The van der Waals surface area contributed by atoms with Crippen LogP contribution in [0, 0.1) is 11.3 Å². The zero-order chi connectivity index (χ0) is 27.6. The van der Waals surface area contributed by atoms with Gasteiger partial charge in [0.25, 0.3) is 5.91 Å². The Morgan fingerprint density at radius 2 is 1.51 bits per heavy atom. The molecule has 3 aromatic carbocycles. The standard InChI is InChI=1S/C30H31N3O6/c31-29(32-30(37)39-19-22-4-2-1-3-5-22)25-8-6-23(7-9-25)24-10-12-26(13-11-24)38-20-27(34)33-16-14-21(15-17-33)18-28(35)36/h1-13,21H,14-20H2,(H,35,36)(H2,31,32,37). The van der Waals surface area contributed by atoms with Crippen molar-refractivity contribution in [3.63, 3.8) is 0 Å². The lowest BCUT2D eigenvalue weighted by Crippen LogP contribution is -2.41. The minimum Gasteiger partial charge on any atom is -0.484 e. The molecular formula is C30H31N3O6. The van der Waals surface area contributed by atoms with E-state index in [1.165, 1.54) is 0 Å². The molecule has 0 radical (unpaired) electrons. The van der Waals surface area contributed by atoms with Crippen molar-refractivity contribution in [3.8, 4) is 16.9 Å². The summed E-state index contributed by atoms with van der Waals surface area (Å²) in [7, 11) is 0. The van der Waals surface area contributed by atoms with Gasteiger partial charge < -0.3 is 19.5 Å². The summed E-state index contributed by atoms with van der Waals surface area (Å²) in [5.41, 5.74) is 3.26. The molecule has 9 nitrogen and oxygen atoms in total. The number of carbonyl (C=O) groups excluding carboxylic acids is 2. The summed E-state index contributed by atoms with van der Waals surface area (Å²) in [6.07, 6.45) is 0.847. The summed E-state index contributed by atoms with van der Waals surface area (Å²) in [5, 5.41) is 19.5. The number of benzene rings is 3. The molecule has 0 bridgehead atoms. The summed E-state index contributed by atoms with van der Waals surface area (Å²) in [6, 6.07) is 23.9. The van der Waals surface area contributed by atoms with E-state index in [9.17, 15) is 14.4 Å². The lowest BCUT2D eigenvalue weighted by Gasteiger charge is -2.31. The van der Waals surface area contributed by atoms with E-state index in [0.29, 0.717) is 37.2 Å². The van der Waals surface area contributed by atoms with Crippen molar-refractivity contribution >= 4 is 23.8 Å². The second kappa shape index (κ2) is 13.2. The topological polar surface area (TPSA) is 129 Å². The third-order valence-corrected chi connectivity index (χ3v) is 6.59. The van der Waals surface area contributed by atoms with Gasteiger partial charge in [0, 0.05) is 25.1 Å². The minimum atomic E-state index is -0.796. The van der Waals surface area contributed by atoms with Crippen molar-refractivity contribution in [2.24, 2.45) is 5.92 Å². The number of carboxylic acid groups (broad SMARTS) is 1. The number of rotatable bonds is 9. The van der Waals surface area contributed by atoms with Crippen LogP contribution in [0.4, 0.5) is 4.79 Å². The van der Waals surface area contributed by atoms with Crippen molar-refractivity contribution in [1.29, 1.82) is 5.41 Å². The lowest BCUT2D eigenvalue weighted by molar-refractivity contribution is -0.139. The van der Waals surface area contributed by atoms with Crippen molar-refractivity contribution in [2.75, 3.05) is 19.7 Å².